The molecule has 3 aromatic rings. The van der Waals surface area contributed by atoms with Crippen molar-refractivity contribution in [3.63, 3.8) is 0 Å². The van der Waals surface area contributed by atoms with Crippen LogP contribution in [0.15, 0.2) is 71.9 Å². The van der Waals surface area contributed by atoms with E-state index in [0.29, 0.717) is 49.1 Å². The molecule has 2 aliphatic rings. The summed E-state index contributed by atoms with van der Waals surface area (Å²) in [5.41, 5.74) is 5.56. The first kappa shape index (κ1) is 27.4. The Hall–Kier alpha value is -4.13. The molecular formula is C33H38N2O5. The maximum absolute atomic E-state index is 14.0. The summed E-state index contributed by atoms with van der Waals surface area (Å²) in [5, 5.41) is 7.27. The second-order valence-electron chi connectivity index (χ2n) is 10.3. The van der Waals surface area contributed by atoms with Gasteiger partial charge in [-0.25, -0.2) is 0 Å². The van der Waals surface area contributed by atoms with Crippen LogP contribution in [0.2, 0.25) is 0 Å². The summed E-state index contributed by atoms with van der Waals surface area (Å²) in [5.74, 6) is 2.87. The van der Waals surface area contributed by atoms with E-state index in [9.17, 15) is 4.79 Å². The van der Waals surface area contributed by atoms with Crippen molar-refractivity contribution in [1.29, 1.82) is 0 Å². The minimum absolute atomic E-state index is 0.00930. The highest BCUT2D eigenvalue weighted by Gasteiger charge is 2.36. The summed E-state index contributed by atoms with van der Waals surface area (Å²) in [7, 11) is 1.64. The Labute approximate surface area is 236 Å². The molecule has 0 saturated heterocycles. The Balaban J connectivity index is 1.56. The molecular weight excluding hydrogens is 504 g/mol. The van der Waals surface area contributed by atoms with E-state index in [2.05, 4.69) is 10.6 Å². The first-order valence-corrected chi connectivity index (χ1v) is 14.0. The highest BCUT2D eigenvalue weighted by molar-refractivity contribution is 6.01. The standard InChI is InChI=1S/C33H38N2O5/c1-6-38-28-14-12-21(18-30(28)37-5)23-16-26-32(27(36)17-23)33(35-25-11-9-8-10-24(25)34-26)22-13-15-29(40-20(3)4)31(19-22)39-7-2/h8-15,18-20,23,33-35H,6-7,16-17H2,1-5H3. The van der Waals surface area contributed by atoms with Crippen LogP contribution < -0.4 is 29.6 Å². The van der Waals surface area contributed by atoms with Gasteiger partial charge in [0.15, 0.2) is 28.8 Å². The third kappa shape index (κ3) is 5.60. The first-order valence-electron chi connectivity index (χ1n) is 14.0. The van der Waals surface area contributed by atoms with Crippen LogP contribution in [0.3, 0.4) is 0 Å². The van der Waals surface area contributed by atoms with E-state index >= 15 is 0 Å². The number of hydrogen-bond donors (Lipinski definition) is 2. The van der Waals surface area contributed by atoms with E-state index < -0.39 is 0 Å². The second kappa shape index (κ2) is 11.9. The number of methoxy groups -OCH3 is 1. The summed E-state index contributed by atoms with van der Waals surface area (Å²) in [6.45, 7) is 8.96. The molecule has 1 aliphatic heterocycles. The number of hydrogen-bond acceptors (Lipinski definition) is 7. The Morgan fingerprint density at radius 2 is 1.50 bits per heavy atom. The molecule has 2 atom stereocenters. The molecule has 40 heavy (non-hydrogen) atoms. The number of fused-ring (bicyclic) bond motifs is 1. The van der Waals surface area contributed by atoms with E-state index in [1.165, 1.54) is 0 Å². The number of ether oxygens (including phenoxy) is 4. The summed E-state index contributed by atoms with van der Waals surface area (Å²) in [6, 6.07) is 19.6. The zero-order valence-corrected chi connectivity index (χ0v) is 23.9. The number of allylic oxidation sites excluding steroid dienone is 1. The van der Waals surface area contributed by atoms with Gasteiger partial charge in [-0.2, -0.15) is 0 Å². The minimum Gasteiger partial charge on any atom is -0.493 e. The van der Waals surface area contributed by atoms with Crippen LogP contribution >= 0.6 is 0 Å². The number of carbonyl (C=O) groups excluding carboxylic acids is 1. The van der Waals surface area contributed by atoms with Crippen molar-refractivity contribution in [1.82, 2.24) is 0 Å². The monoisotopic (exact) mass is 542 g/mol. The van der Waals surface area contributed by atoms with Crippen LogP contribution in [-0.2, 0) is 4.79 Å². The van der Waals surface area contributed by atoms with Gasteiger partial charge in [-0.3, -0.25) is 4.79 Å². The van der Waals surface area contributed by atoms with Gasteiger partial charge in [-0.1, -0.05) is 24.3 Å². The van der Waals surface area contributed by atoms with Gasteiger partial charge in [0.05, 0.1) is 43.8 Å². The lowest BCUT2D eigenvalue weighted by Gasteiger charge is -2.30. The Kier molecular flexibility index (Phi) is 8.19. The number of carbonyl (C=O) groups is 1. The lowest BCUT2D eigenvalue weighted by atomic mass is 9.78. The fourth-order valence-electron chi connectivity index (χ4n) is 5.51. The highest BCUT2D eigenvalue weighted by Crippen LogP contribution is 2.46. The van der Waals surface area contributed by atoms with Crippen LogP contribution in [0.5, 0.6) is 23.0 Å². The third-order valence-corrected chi connectivity index (χ3v) is 7.23. The topological polar surface area (TPSA) is 78.1 Å². The maximum atomic E-state index is 14.0. The van der Waals surface area contributed by atoms with Crippen molar-refractivity contribution in [2.75, 3.05) is 31.0 Å². The number of Topliss-reactive ketones (excluding diaryl/α,β-unsaturated/α-hetero) is 1. The van der Waals surface area contributed by atoms with E-state index in [1.54, 1.807) is 7.11 Å². The van der Waals surface area contributed by atoms with Crippen molar-refractivity contribution < 1.29 is 23.7 Å². The van der Waals surface area contributed by atoms with E-state index in [-0.39, 0.29) is 23.8 Å². The number of anilines is 2. The third-order valence-electron chi connectivity index (χ3n) is 7.23. The molecule has 5 rings (SSSR count). The molecule has 0 amide bonds. The molecule has 0 spiro atoms. The smallest absolute Gasteiger partial charge is 0.163 e. The number of benzene rings is 3. The molecule has 1 aliphatic carbocycles. The van der Waals surface area contributed by atoms with Crippen molar-refractivity contribution in [2.24, 2.45) is 0 Å². The number of rotatable bonds is 9. The van der Waals surface area contributed by atoms with E-state index in [1.807, 2.05) is 88.4 Å². The molecule has 0 saturated carbocycles. The van der Waals surface area contributed by atoms with Gasteiger partial charge in [0.25, 0.3) is 0 Å². The molecule has 1 heterocycles. The Bertz CT molecular complexity index is 1410. The van der Waals surface area contributed by atoms with Crippen LogP contribution in [0, 0.1) is 0 Å². The van der Waals surface area contributed by atoms with E-state index in [0.717, 1.165) is 33.8 Å². The predicted octanol–water partition coefficient (Wildman–Crippen LogP) is 7.26. The predicted molar refractivity (Wildman–Crippen MR) is 158 cm³/mol. The SMILES string of the molecule is CCOc1ccc(C2CC(=O)C3=C(C2)Nc2ccccc2NC3c2ccc(OC(C)C)c(OCC)c2)cc1OC. The molecule has 0 bridgehead atoms. The van der Waals surface area contributed by atoms with Crippen LogP contribution in [0.25, 0.3) is 0 Å². The zero-order chi connectivity index (χ0) is 28.2. The van der Waals surface area contributed by atoms with Crippen molar-refractivity contribution in [3.05, 3.63) is 83.1 Å². The average Bonchev–Trinajstić information content (AvgIpc) is 3.11. The Morgan fingerprint density at radius 3 is 2.23 bits per heavy atom. The molecule has 3 aromatic carbocycles. The quantitative estimate of drug-likeness (QED) is 0.295. The van der Waals surface area contributed by atoms with Crippen molar-refractivity contribution in [3.8, 4) is 23.0 Å². The van der Waals surface area contributed by atoms with Gasteiger partial charge >= 0.3 is 0 Å². The summed E-state index contributed by atoms with van der Waals surface area (Å²) in [6.07, 6.45) is 1.11. The molecule has 210 valence electrons. The molecule has 0 aromatic heterocycles. The van der Waals surface area contributed by atoms with Gasteiger partial charge in [-0.15, -0.1) is 0 Å². The molecule has 7 heteroatoms. The molecule has 0 radical (unpaired) electrons. The van der Waals surface area contributed by atoms with Gasteiger partial charge in [0, 0.05) is 17.7 Å². The van der Waals surface area contributed by atoms with Gasteiger partial charge in [0.1, 0.15) is 0 Å². The van der Waals surface area contributed by atoms with Gasteiger partial charge in [-0.05, 0) is 87.6 Å². The normalized spacial score (nSPS) is 18.2. The lowest BCUT2D eigenvalue weighted by molar-refractivity contribution is -0.116. The molecule has 7 nitrogen and oxygen atoms in total. The van der Waals surface area contributed by atoms with Crippen LogP contribution in [-0.4, -0.2) is 32.2 Å². The number of nitrogens with one attached hydrogen (secondary N) is 2. The fraction of sp³-hybridized carbons (Fsp3) is 0.364. The fourth-order valence-corrected chi connectivity index (χ4v) is 5.51. The largest absolute Gasteiger partial charge is 0.493 e. The minimum atomic E-state index is -0.346. The van der Waals surface area contributed by atoms with E-state index in [4.69, 9.17) is 18.9 Å². The molecule has 0 fully saturated rings. The molecule has 2 unspecified atom stereocenters. The van der Waals surface area contributed by atoms with Crippen LogP contribution in [0.1, 0.15) is 63.6 Å². The van der Waals surface area contributed by atoms with Gasteiger partial charge < -0.3 is 29.6 Å². The summed E-state index contributed by atoms with van der Waals surface area (Å²) >= 11 is 0. The lowest BCUT2D eigenvalue weighted by Crippen LogP contribution is -2.27. The first-order chi connectivity index (χ1) is 19.4. The number of ketones is 1. The summed E-state index contributed by atoms with van der Waals surface area (Å²) in [4.78, 5) is 14.0. The second-order valence-corrected chi connectivity index (χ2v) is 10.3. The van der Waals surface area contributed by atoms with Crippen LogP contribution in [0.4, 0.5) is 11.4 Å². The number of para-hydroxylation sites is 2. The highest BCUT2D eigenvalue weighted by atomic mass is 16.5. The maximum Gasteiger partial charge on any atom is 0.163 e. The van der Waals surface area contributed by atoms with Crippen molar-refractivity contribution in [2.45, 2.75) is 58.6 Å². The Morgan fingerprint density at radius 1 is 0.825 bits per heavy atom. The summed E-state index contributed by atoms with van der Waals surface area (Å²) < 4.78 is 23.3. The zero-order valence-electron chi connectivity index (χ0n) is 23.9. The average molecular weight is 543 g/mol. The molecule has 2 N–H and O–H groups in total. The van der Waals surface area contributed by atoms with Gasteiger partial charge in [0.2, 0.25) is 0 Å². The van der Waals surface area contributed by atoms with Crippen molar-refractivity contribution >= 4 is 17.2 Å².